The minimum absolute atomic E-state index is 1.10. The van der Waals surface area contributed by atoms with Crippen LogP contribution in [0, 0.1) is 0 Å². The van der Waals surface area contributed by atoms with Gasteiger partial charge >= 0.3 is 34.2 Å². The molecule has 2 aromatic carbocycles. The second-order valence-electron chi connectivity index (χ2n) is 7.96. The van der Waals surface area contributed by atoms with E-state index in [9.17, 15) is 0 Å². The average molecular weight is 421 g/mol. The van der Waals surface area contributed by atoms with Crippen LogP contribution in [0.5, 0.6) is 0 Å². The van der Waals surface area contributed by atoms with Crippen LogP contribution in [0.1, 0.15) is 0 Å². The Bertz CT molecular complexity index is 687. The summed E-state index contributed by atoms with van der Waals surface area (Å²) in [5.74, 6) is 0. The number of hydrogen-bond donors (Lipinski definition) is 0. The van der Waals surface area contributed by atoms with Crippen molar-refractivity contribution in [1.29, 1.82) is 0 Å². The summed E-state index contributed by atoms with van der Waals surface area (Å²) >= 11 is 0. The number of rotatable bonds is 2. The molecule has 0 unspecified atom stereocenters. The Balaban J connectivity index is 2.21. The van der Waals surface area contributed by atoms with Crippen molar-refractivity contribution in [2.45, 2.75) is 39.3 Å². The molecule has 4 nitrogen and oxygen atoms in total. The van der Waals surface area contributed by atoms with E-state index in [0.29, 0.717) is 0 Å². The van der Waals surface area contributed by atoms with Gasteiger partial charge in [0, 0.05) is 0 Å². The molecular weight excluding hydrogens is 393 g/mol. The second-order valence-corrected chi connectivity index (χ2v) is 22.0. The molecule has 2 aromatic rings. The third-order valence-electron chi connectivity index (χ3n) is 4.07. The first-order valence-electron chi connectivity index (χ1n) is 8.95. The molecular formula is C18H28O4Si4. The number of hydrogen-bond acceptors (Lipinski definition) is 4. The molecule has 0 saturated carbocycles. The van der Waals surface area contributed by atoms with Gasteiger partial charge < -0.3 is 16.5 Å². The van der Waals surface area contributed by atoms with Gasteiger partial charge in [0.05, 0.1) is 0 Å². The number of benzene rings is 2. The Labute approximate surface area is 161 Å². The van der Waals surface area contributed by atoms with Gasteiger partial charge in [-0.2, -0.15) is 0 Å². The molecule has 0 aromatic heterocycles. The van der Waals surface area contributed by atoms with E-state index in [1.54, 1.807) is 0 Å². The molecule has 0 bridgehead atoms. The van der Waals surface area contributed by atoms with Crippen molar-refractivity contribution in [2.75, 3.05) is 0 Å². The van der Waals surface area contributed by atoms with Crippen molar-refractivity contribution in [3.8, 4) is 0 Å². The largest absolute Gasteiger partial charge is 0.416 e. The van der Waals surface area contributed by atoms with Crippen LogP contribution in [0.25, 0.3) is 0 Å². The minimum atomic E-state index is -2.96. The maximum Gasteiger partial charge on any atom is 0.389 e. The van der Waals surface area contributed by atoms with Crippen LogP contribution >= 0.6 is 0 Å². The lowest BCUT2D eigenvalue weighted by Crippen LogP contribution is -2.74. The third kappa shape index (κ3) is 4.34. The van der Waals surface area contributed by atoms with Crippen LogP contribution in [0.2, 0.25) is 39.3 Å². The van der Waals surface area contributed by atoms with Crippen molar-refractivity contribution < 1.29 is 16.5 Å². The Morgan fingerprint density at radius 1 is 0.462 bits per heavy atom. The van der Waals surface area contributed by atoms with Crippen LogP contribution in [0.15, 0.2) is 60.7 Å². The summed E-state index contributed by atoms with van der Waals surface area (Å²) in [6, 6.07) is 20.7. The van der Waals surface area contributed by atoms with Crippen molar-refractivity contribution in [3.05, 3.63) is 60.7 Å². The highest BCUT2D eigenvalue weighted by atomic mass is 28.5. The van der Waals surface area contributed by atoms with E-state index in [-0.39, 0.29) is 0 Å². The zero-order valence-corrected chi connectivity index (χ0v) is 20.4. The first-order valence-corrected chi connectivity index (χ1v) is 19.2. The van der Waals surface area contributed by atoms with Gasteiger partial charge in [0.25, 0.3) is 0 Å². The normalized spacial score (nSPS) is 23.6. The summed E-state index contributed by atoms with van der Waals surface area (Å²) in [4.78, 5) is 0. The van der Waals surface area contributed by atoms with Gasteiger partial charge in [-0.3, -0.25) is 0 Å². The van der Waals surface area contributed by atoms with E-state index >= 15 is 0 Å². The lowest BCUT2D eigenvalue weighted by molar-refractivity contribution is 0.245. The Morgan fingerprint density at radius 2 is 0.769 bits per heavy atom. The fourth-order valence-electron chi connectivity index (χ4n) is 3.68. The molecule has 26 heavy (non-hydrogen) atoms. The van der Waals surface area contributed by atoms with Gasteiger partial charge in [0.15, 0.2) is 0 Å². The molecule has 1 fully saturated rings. The maximum absolute atomic E-state index is 6.93. The van der Waals surface area contributed by atoms with Gasteiger partial charge in [-0.15, -0.1) is 0 Å². The molecule has 1 aliphatic heterocycles. The van der Waals surface area contributed by atoms with Crippen LogP contribution in [0.3, 0.4) is 0 Å². The first kappa shape index (κ1) is 19.9. The van der Waals surface area contributed by atoms with E-state index < -0.39 is 34.2 Å². The summed E-state index contributed by atoms with van der Waals surface area (Å²) in [5.41, 5.74) is 0. The van der Waals surface area contributed by atoms with E-state index in [0.717, 1.165) is 10.4 Å². The standard InChI is InChI=1S/C18H28O4Si4/c1-23(2)19-24(3,4)21-26(22-25(5,6)20-23,17-13-9-7-10-14-17)18-15-11-8-12-16-18/h7-16H,1-6H3. The van der Waals surface area contributed by atoms with E-state index in [1.807, 2.05) is 36.4 Å². The molecule has 0 N–H and O–H groups in total. The molecule has 8 heteroatoms. The quantitative estimate of drug-likeness (QED) is 0.698. The van der Waals surface area contributed by atoms with Gasteiger partial charge in [-0.25, -0.2) is 0 Å². The summed E-state index contributed by atoms with van der Waals surface area (Å²) in [5, 5.41) is 2.20. The summed E-state index contributed by atoms with van der Waals surface area (Å²) in [6.45, 7) is 12.6. The Morgan fingerprint density at radius 3 is 1.12 bits per heavy atom. The van der Waals surface area contributed by atoms with E-state index in [4.69, 9.17) is 16.5 Å². The van der Waals surface area contributed by atoms with Crippen molar-refractivity contribution in [2.24, 2.45) is 0 Å². The molecule has 3 rings (SSSR count). The lowest BCUT2D eigenvalue weighted by atomic mass is 10.4. The molecule has 0 atom stereocenters. The van der Waals surface area contributed by atoms with E-state index in [2.05, 4.69) is 63.5 Å². The van der Waals surface area contributed by atoms with Gasteiger partial charge in [0.2, 0.25) is 0 Å². The highest BCUT2D eigenvalue weighted by molar-refractivity contribution is 7.03. The second kappa shape index (κ2) is 6.95. The van der Waals surface area contributed by atoms with Gasteiger partial charge in [-0.1, -0.05) is 60.7 Å². The van der Waals surface area contributed by atoms with Crippen LogP contribution < -0.4 is 10.4 Å². The topological polar surface area (TPSA) is 36.9 Å². The molecule has 0 amide bonds. The SMILES string of the molecule is C[Si]1(C)O[Si](C)(C)O[Si](c2ccccc2)(c2ccccc2)O[Si](C)(C)O1. The fraction of sp³-hybridized carbons (Fsp3) is 0.333. The summed E-state index contributed by atoms with van der Waals surface area (Å²) in [6.07, 6.45) is 0. The minimum Gasteiger partial charge on any atom is -0.416 e. The molecule has 1 saturated heterocycles. The molecule has 0 spiro atoms. The zero-order valence-electron chi connectivity index (χ0n) is 16.4. The van der Waals surface area contributed by atoms with E-state index in [1.165, 1.54) is 0 Å². The lowest BCUT2D eigenvalue weighted by Gasteiger charge is -2.48. The maximum atomic E-state index is 6.93. The summed E-state index contributed by atoms with van der Waals surface area (Å²) in [7, 11) is -10.2. The van der Waals surface area contributed by atoms with Gasteiger partial charge in [0.1, 0.15) is 0 Å². The molecule has 1 aliphatic rings. The van der Waals surface area contributed by atoms with Crippen molar-refractivity contribution in [3.63, 3.8) is 0 Å². The molecule has 1 heterocycles. The highest BCUT2D eigenvalue weighted by Crippen LogP contribution is 2.30. The predicted molar refractivity (Wildman–Crippen MR) is 115 cm³/mol. The van der Waals surface area contributed by atoms with Crippen LogP contribution in [0.4, 0.5) is 0 Å². The molecule has 0 radical (unpaired) electrons. The van der Waals surface area contributed by atoms with Crippen molar-refractivity contribution >= 4 is 44.6 Å². The summed E-state index contributed by atoms with van der Waals surface area (Å²) < 4.78 is 26.9. The van der Waals surface area contributed by atoms with Gasteiger partial charge in [-0.05, 0) is 49.7 Å². The fourth-order valence-corrected chi connectivity index (χ4v) is 24.3. The third-order valence-corrected chi connectivity index (χ3v) is 20.4. The Hall–Kier alpha value is -0.852. The van der Waals surface area contributed by atoms with Crippen LogP contribution in [-0.2, 0) is 16.5 Å². The Kier molecular flexibility index (Phi) is 5.32. The van der Waals surface area contributed by atoms with Crippen molar-refractivity contribution in [1.82, 2.24) is 0 Å². The average Bonchev–Trinajstić information content (AvgIpc) is 2.52. The molecule has 140 valence electrons. The smallest absolute Gasteiger partial charge is 0.389 e. The first-order chi connectivity index (χ1) is 12.0. The zero-order chi connectivity index (χ0) is 19.1. The highest BCUT2D eigenvalue weighted by Gasteiger charge is 2.56. The monoisotopic (exact) mass is 420 g/mol. The predicted octanol–water partition coefficient (Wildman–Crippen LogP) is 3.43. The van der Waals surface area contributed by atoms with Crippen LogP contribution in [-0.4, -0.2) is 34.2 Å². The molecule has 0 aliphatic carbocycles.